The third kappa shape index (κ3) is 3.80. The lowest BCUT2D eigenvalue weighted by molar-refractivity contribution is -0.0296. The maximum Gasteiger partial charge on any atom is 0.258 e. The van der Waals surface area contributed by atoms with Crippen LogP contribution in [-0.4, -0.2) is 41.1 Å². The van der Waals surface area contributed by atoms with Gasteiger partial charge >= 0.3 is 0 Å². The van der Waals surface area contributed by atoms with Crippen molar-refractivity contribution in [3.63, 3.8) is 0 Å². The van der Waals surface area contributed by atoms with E-state index in [0.717, 1.165) is 41.6 Å². The summed E-state index contributed by atoms with van der Waals surface area (Å²) in [6.07, 6.45) is 0.748. The molecular formula is C20H20ClN3O2. The van der Waals surface area contributed by atoms with Gasteiger partial charge in [-0.25, -0.2) is 4.98 Å². The second-order valence-electron chi connectivity index (χ2n) is 6.49. The first kappa shape index (κ1) is 17.2. The number of para-hydroxylation sites is 1. The summed E-state index contributed by atoms with van der Waals surface area (Å²) in [6.45, 7) is 3.21. The Bertz CT molecular complexity index is 955. The molecule has 0 bridgehead atoms. The van der Waals surface area contributed by atoms with Crippen molar-refractivity contribution >= 4 is 22.5 Å². The lowest BCUT2D eigenvalue weighted by Crippen LogP contribution is -2.39. The van der Waals surface area contributed by atoms with Crippen LogP contribution in [0.3, 0.4) is 0 Å². The summed E-state index contributed by atoms with van der Waals surface area (Å²) in [5, 5.41) is 1.36. The smallest absolute Gasteiger partial charge is 0.258 e. The molecule has 1 saturated heterocycles. The first-order chi connectivity index (χ1) is 12.7. The zero-order valence-corrected chi connectivity index (χ0v) is 15.1. The molecule has 134 valence electrons. The first-order valence-electron chi connectivity index (χ1n) is 8.76. The molecule has 2 aromatic carbocycles. The quantitative estimate of drug-likeness (QED) is 0.767. The summed E-state index contributed by atoms with van der Waals surface area (Å²) in [7, 11) is 0. The van der Waals surface area contributed by atoms with Crippen molar-refractivity contribution in [1.82, 2.24) is 14.9 Å². The van der Waals surface area contributed by atoms with E-state index in [2.05, 4.69) is 14.9 Å². The van der Waals surface area contributed by atoms with Gasteiger partial charge in [-0.2, -0.15) is 0 Å². The zero-order chi connectivity index (χ0) is 17.9. The van der Waals surface area contributed by atoms with E-state index in [4.69, 9.17) is 16.3 Å². The number of aromatic amines is 1. The van der Waals surface area contributed by atoms with Crippen molar-refractivity contribution in [1.29, 1.82) is 0 Å². The Morgan fingerprint density at radius 3 is 2.85 bits per heavy atom. The molecule has 0 radical (unpaired) electrons. The summed E-state index contributed by atoms with van der Waals surface area (Å²) in [4.78, 5) is 22.0. The van der Waals surface area contributed by atoms with E-state index < -0.39 is 0 Å². The molecule has 3 aromatic rings. The van der Waals surface area contributed by atoms with Crippen LogP contribution in [0, 0.1) is 0 Å². The van der Waals surface area contributed by atoms with E-state index in [1.807, 2.05) is 42.5 Å². The highest BCUT2D eigenvalue weighted by molar-refractivity contribution is 6.30. The number of hydrogen-bond donors (Lipinski definition) is 1. The van der Waals surface area contributed by atoms with Gasteiger partial charge in [0.15, 0.2) is 0 Å². The molecule has 1 N–H and O–H groups in total. The molecule has 26 heavy (non-hydrogen) atoms. The Labute approximate surface area is 156 Å². The fourth-order valence-corrected chi connectivity index (χ4v) is 3.43. The van der Waals surface area contributed by atoms with E-state index in [1.165, 1.54) is 0 Å². The maximum atomic E-state index is 12.2. The molecule has 6 heteroatoms. The summed E-state index contributed by atoms with van der Waals surface area (Å²) < 4.78 is 5.90. The number of nitrogens with one attached hydrogen (secondary N) is 1. The SMILES string of the molecule is O=c1[nH]c(CCN2CCOC(c3ccc(Cl)cc3)C2)nc2ccccc12. The highest BCUT2D eigenvalue weighted by Gasteiger charge is 2.22. The van der Waals surface area contributed by atoms with Crippen LogP contribution >= 0.6 is 11.6 Å². The van der Waals surface area contributed by atoms with Gasteiger partial charge in [-0.15, -0.1) is 0 Å². The maximum absolute atomic E-state index is 12.2. The Kier molecular flexibility index (Phi) is 5.02. The van der Waals surface area contributed by atoms with E-state index in [1.54, 1.807) is 6.07 Å². The topological polar surface area (TPSA) is 58.2 Å². The Morgan fingerprint density at radius 2 is 2.00 bits per heavy atom. The third-order valence-electron chi connectivity index (χ3n) is 4.72. The Morgan fingerprint density at radius 1 is 1.19 bits per heavy atom. The van der Waals surface area contributed by atoms with E-state index in [-0.39, 0.29) is 11.7 Å². The molecule has 1 unspecified atom stereocenters. The number of halogens is 1. The average molecular weight is 370 g/mol. The molecule has 1 aromatic heterocycles. The number of hydrogen-bond acceptors (Lipinski definition) is 4. The summed E-state index contributed by atoms with van der Waals surface area (Å²) in [5.41, 5.74) is 1.80. The molecule has 0 aliphatic carbocycles. The fourth-order valence-electron chi connectivity index (χ4n) is 3.30. The summed E-state index contributed by atoms with van der Waals surface area (Å²) in [6, 6.07) is 15.2. The lowest BCUT2D eigenvalue weighted by Gasteiger charge is -2.33. The number of fused-ring (bicyclic) bond motifs is 1. The van der Waals surface area contributed by atoms with Crippen LogP contribution in [0.4, 0.5) is 0 Å². The molecule has 0 saturated carbocycles. The monoisotopic (exact) mass is 369 g/mol. The largest absolute Gasteiger partial charge is 0.371 e. The third-order valence-corrected chi connectivity index (χ3v) is 4.97. The van der Waals surface area contributed by atoms with Crippen LogP contribution in [0.1, 0.15) is 17.5 Å². The highest BCUT2D eigenvalue weighted by atomic mass is 35.5. The minimum absolute atomic E-state index is 0.0460. The zero-order valence-electron chi connectivity index (χ0n) is 14.3. The first-order valence-corrected chi connectivity index (χ1v) is 9.14. The number of rotatable bonds is 4. The second kappa shape index (κ2) is 7.58. The number of morpholine rings is 1. The van der Waals surface area contributed by atoms with Gasteiger partial charge in [0.25, 0.3) is 5.56 Å². The van der Waals surface area contributed by atoms with Gasteiger partial charge in [-0.05, 0) is 29.8 Å². The molecule has 1 aliphatic heterocycles. The van der Waals surface area contributed by atoms with Crippen molar-refractivity contribution in [3.05, 3.63) is 75.3 Å². The number of aromatic nitrogens is 2. The van der Waals surface area contributed by atoms with Crippen LogP contribution in [0.15, 0.2) is 53.3 Å². The van der Waals surface area contributed by atoms with Gasteiger partial charge in [0, 0.05) is 31.1 Å². The van der Waals surface area contributed by atoms with Gasteiger partial charge in [0.2, 0.25) is 0 Å². The molecule has 1 aliphatic rings. The van der Waals surface area contributed by atoms with Crippen molar-refractivity contribution in [2.75, 3.05) is 26.2 Å². The van der Waals surface area contributed by atoms with E-state index in [0.29, 0.717) is 18.4 Å². The average Bonchev–Trinajstić information content (AvgIpc) is 2.67. The number of H-pyrrole nitrogens is 1. The molecule has 1 atom stereocenters. The van der Waals surface area contributed by atoms with Gasteiger partial charge in [-0.3, -0.25) is 9.69 Å². The van der Waals surface area contributed by atoms with Crippen LogP contribution in [0.2, 0.25) is 5.02 Å². The molecular weight excluding hydrogens is 350 g/mol. The van der Waals surface area contributed by atoms with Crippen molar-refractivity contribution in [2.24, 2.45) is 0 Å². The van der Waals surface area contributed by atoms with Crippen LogP contribution in [0.5, 0.6) is 0 Å². The van der Waals surface area contributed by atoms with Gasteiger partial charge in [0.1, 0.15) is 5.82 Å². The normalized spacial score (nSPS) is 18.3. The Balaban J connectivity index is 1.43. The number of ether oxygens (including phenoxy) is 1. The molecule has 5 nitrogen and oxygen atoms in total. The molecule has 1 fully saturated rings. The van der Waals surface area contributed by atoms with Crippen LogP contribution in [0.25, 0.3) is 10.9 Å². The van der Waals surface area contributed by atoms with Crippen LogP contribution < -0.4 is 5.56 Å². The minimum Gasteiger partial charge on any atom is -0.371 e. The molecule has 0 spiro atoms. The fraction of sp³-hybridized carbons (Fsp3) is 0.300. The standard InChI is InChI=1S/C20H20ClN3O2/c21-15-7-5-14(6-8-15)18-13-24(11-12-26-18)10-9-19-22-17-4-2-1-3-16(17)20(25)23-19/h1-8,18H,9-13H2,(H,22,23,25). The predicted octanol–water partition coefficient (Wildman–Crippen LogP) is 3.19. The predicted molar refractivity (Wildman–Crippen MR) is 103 cm³/mol. The van der Waals surface area contributed by atoms with E-state index in [9.17, 15) is 4.79 Å². The second-order valence-corrected chi connectivity index (χ2v) is 6.93. The van der Waals surface area contributed by atoms with Crippen molar-refractivity contribution in [3.8, 4) is 0 Å². The summed E-state index contributed by atoms with van der Waals surface area (Å²) in [5.74, 6) is 0.725. The minimum atomic E-state index is -0.0772. The molecule has 4 rings (SSSR count). The number of benzene rings is 2. The highest BCUT2D eigenvalue weighted by Crippen LogP contribution is 2.23. The van der Waals surface area contributed by atoms with Gasteiger partial charge in [0.05, 0.1) is 23.6 Å². The number of nitrogens with zero attached hydrogens (tertiary/aromatic N) is 2. The molecule has 0 amide bonds. The van der Waals surface area contributed by atoms with Gasteiger partial charge < -0.3 is 9.72 Å². The summed E-state index contributed by atoms with van der Waals surface area (Å²) >= 11 is 5.96. The van der Waals surface area contributed by atoms with Crippen molar-refractivity contribution in [2.45, 2.75) is 12.5 Å². The van der Waals surface area contributed by atoms with Crippen LogP contribution in [-0.2, 0) is 11.2 Å². The van der Waals surface area contributed by atoms with Gasteiger partial charge in [-0.1, -0.05) is 35.9 Å². The molecule has 2 heterocycles. The van der Waals surface area contributed by atoms with E-state index >= 15 is 0 Å². The lowest BCUT2D eigenvalue weighted by atomic mass is 10.1. The van der Waals surface area contributed by atoms with Crippen molar-refractivity contribution < 1.29 is 4.74 Å². The Hall–Kier alpha value is -2.21.